The SMILES string of the molecule is CCCCCS(=O)(=O)CC(O)C(N)CC(C)C. The van der Waals surface area contributed by atoms with Crippen LogP contribution in [-0.4, -0.2) is 37.2 Å². The number of hydrogen-bond acceptors (Lipinski definition) is 4. The van der Waals surface area contributed by atoms with E-state index in [4.69, 9.17) is 5.73 Å². The van der Waals surface area contributed by atoms with Crippen molar-refractivity contribution in [3.63, 3.8) is 0 Å². The fourth-order valence-electron chi connectivity index (χ4n) is 1.74. The van der Waals surface area contributed by atoms with Crippen molar-refractivity contribution < 1.29 is 13.5 Å². The highest BCUT2D eigenvalue weighted by Crippen LogP contribution is 2.09. The Labute approximate surface area is 106 Å². The predicted molar refractivity (Wildman–Crippen MR) is 71.6 cm³/mol. The molecular formula is C12H27NO3S. The number of rotatable bonds is 9. The van der Waals surface area contributed by atoms with Crippen molar-refractivity contribution in [2.24, 2.45) is 11.7 Å². The van der Waals surface area contributed by atoms with E-state index in [1.165, 1.54) is 0 Å². The summed E-state index contributed by atoms with van der Waals surface area (Å²) in [6, 6.07) is -0.448. The molecule has 0 saturated heterocycles. The predicted octanol–water partition coefficient (Wildman–Crippen LogP) is 1.33. The molecule has 0 heterocycles. The van der Waals surface area contributed by atoms with Crippen molar-refractivity contribution in [2.45, 2.75) is 58.6 Å². The minimum atomic E-state index is -3.16. The molecule has 0 saturated carbocycles. The highest BCUT2D eigenvalue weighted by Gasteiger charge is 2.22. The number of nitrogens with two attached hydrogens (primary N) is 1. The van der Waals surface area contributed by atoms with E-state index in [9.17, 15) is 13.5 Å². The minimum Gasteiger partial charge on any atom is -0.390 e. The molecule has 2 atom stereocenters. The van der Waals surface area contributed by atoms with Crippen LogP contribution in [0, 0.1) is 5.92 Å². The van der Waals surface area contributed by atoms with Crippen LogP contribution in [0.25, 0.3) is 0 Å². The van der Waals surface area contributed by atoms with E-state index >= 15 is 0 Å². The molecule has 104 valence electrons. The zero-order valence-electron chi connectivity index (χ0n) is 11.2. The van der Waals surface area contributed by atoms with E-state index in [0.29, 0.717) is 18.8 Å². The van der Waals surface area contributed by atoms with Gasteiger partial charge in [0.1, 0.15) is 0 Å². The van der Waals surface area contributed by atoms with Gasteiger partial charge in [-0.2, -0.15) is 0 Å². The Morgan fingerprint density at radius 1 is 1.24 bits per heavy atom. The molecule has 0 bridgehead atoms. The molecule has 0 rings (SSSR count). The second kappa shape index (κ2) is 8.06. The number of sulfone groups is 1. The number of unbranched alkanes of at least 4 members (excludes halogenated alkanes) is 2. The summed E-state index contributed by atoms with van der Waals surface area (Å²) in [6.07, 6.45) is 2.28. The van der Waals surface area contributed by atoms with Crippen LogP contribution in [-0.2, 0) is 9.84 Å². The molecule has 4 nitrogen and oxygen atoms in total. The molecule has 0 amide bonds. The van der Waals surface area contributed by atoms with Gasteiger partial charge in [0, 0.05) is 6.04 Å². The highest BCUT2D eigenvalue weighted by atomic mass is 32.2. The first-order chi connectivity index (χ1) is 7.78. The Morgan fingerprint density at radius 3 is 2.29 bits per heavy atom. The molecule has 0 aliphatic rings. The summed E-state index contributed by atoms with van der Waals surface area (Å²) in [5, 5.41) is 9.75. The molecule has 17 heavy (non-hydrogen) atoms. The van der Waals surface area contributed by atoms with Crippen LogP contribution in [0.2, 0.25) is 0 Å². The maximum absolute atomic E-state index is 11.7. The van der Waals surface area contributed by atoms with Gasteiger partial charge in [0.05, 0.1) is 17.6 Å². The molecule has 0 aromatic heterocycles. The van der Waals surface area contributed by atoms with E-state index < -0.39 is 22.0 Å². The van der Waals surface area contributed by atoms with E-state index in [2.05, 4.69) is 0 Å². The molecule has 0 aromatic rings. The molecule has 3 N–H and O–H groups in total. The molecule has 5 heteroatoms. The first-order valence-electron chi connectivity index (χ1n) is 6.42. The van der Waals surface area contributed by atoms with Crippen LogP contribution in [0.5, 0.6) is 0 Å². The summed E-state index contributed by atoms with van der Waals surface area (Å²) in [4.78, 5) is 0. The van der Waals surface area contributed by atoms with Gasteiger partial charge in [0.15, 0.2) is 9.84 Å². The van der Waals surface area contributed by atoms with Gasteiger partial charge in [-0.25, -0.2) is 8.42 Å². The van der Waals surface area contributed by atoms with Crippen molar-refractivity contribution >= 4 is 9.84 Å². The third-order valence-corrected chi connectivity index (χ3v) is 4.48. The van der Waals surface area contributed by atoms with Gasteiger partial charge in [0.2, 0.25) is 0 Å². The van der Waals surface area contributed by atoms with Gasteiger partial charge in [-0.1, -0.05) is 33.6 Å². The number of aliphatic hydroxyl groups is 1. The summed E-state index contributed by atoms with van der Waals surface area (Å²) in [5.74, 6) is 0.319. The van der Waals surface area contributed by atoms with Gasteiger partial charge in [-0.05, 0) is 18.8 Å². The van der Waals surface area contributed by atoms with Gasteiger partial charge < -0.3 is 10.8 Å². The second-order valence-corrected chi connectivity index (χ2v) is 7.41. The van der Waals surface area contributed by atoms with Crippen molar-refractivity contribution in [1.29, 1.82) is 0 Å². The van der Waals surface area contributed by atoms with E-state index in [0.717, 1.165) is 12.8 Å². The average Bonchev–Trinajstić information content (AvgIpc) is 2.15. The van der Waals surface area contributed by atoms with Gasteiger partial charge >= 0.3 is 0 Å². The quantitative estimate of drug-likeness (QED) is 0.616. The Morgan fingerprint density at radius 2 is 1.82 bits per heavy atom. The first-order valence-corrected chi connectivity index (χ1v) is 8.24. The fraction of sp³-hybridized carbons (Fsp3) is 1.00. The number of hydrogen-bond donors (Lipinski definition) is 2. The summed E-state index contributed by atoms with van der Waals surface area (Å²) in [5.41, 5.74) is 5.77. The molecule has 0 aliphatic carbocycles. The normalized spacial score (nSPS) is 16.1. The van der Waals surface area contributed by atoms with Crippen LogP contribution in [0.4, 0.5) is 0 Å². The second-order valence-electron chi connectivity index (χ2n) is 5.18. The fourth-order valence-corrected chi connectivity index (χ4v) is 3.32. The molecule has 0 spiro atoms. The summed E-state index contributed by atoms with van der Waals surface area (Å²) in [6.45, 7) is 6.03. The summed E-state index contributed by atoms with van der Waals surface area (Å²) in [7, 11) is -3.16. The molecular weight excluding hydrogens is 238 g/mol. The minimum absolute atomic E-state index is 0.159. The zero-order chi connectivity index (χ0) is 13.5. The lowest BCUT2D eigenvalue weighted by atomic mass is 10.0. The Bertz CT molecular complexity index is 288. The molecule has 0 aliphatic heterocycles. The van der Waals surface area contributed by atoms with E-state index in [-0.39, 0.29) is 11.5 Å². The first kappa shape index (κ1) is 16.9. The van der Waals surface area contributed by atoms with E-state index in [1.54, 1.807) is 0 Å². The molecule has 0 fully saturated rings. The Balaban J connectivity index is 4.12. The maximum atomic E-state index is 11.7. The molecule has 2 unspecified atom stereocenters. The Hall–Kier alpha value is -0.130. The van der Waals surface area contributed by atoms with Crippen molar-refractivity contribution in [2.75, 3.05) is 11.5 Å². The number of aliphatic hydroxyl groups excluding tert-OH is 1. The monoisotopic (exact) mass is 265 g/mol. The topological polar surface area (TPSA) is 80.4 Å². The average molecular weight is 265 g/mol. The van der Waals surface area contributed by atoms with Crippen LogP contribution >= 0.6 is 0 Å². The highest BCUT2D eigenvalue weighted by molar-refractivity contribution is 7.91. The standard InChI is InChI=1S/C12H27NO3S/c1-4-5-6-7-17(15,16)9-12(14)11(13)8-10(2)3/h10-12,14H,4-9,13H2,1-3H3. The Kier molecular flexibility index (Phi) is 8.00. The van der Waals surface area contributed by atoms with Crippen LogP contribution in [0.3, 0.4) is 0 Å². The van der Waals surface area contributed by atoms with Gasteiger partial charge in [-0.3, -0.25) is 0 Å². The van der Waals surface area contributed by atoms with Crippen LogP contribution in [0.15, 0.2) is 0 Å². The smallest absolute Gasteiger partial charge is 0.152 e. The molecule has 0 radical (unpaired) electrons. The van der Waals surface area contributed by atoms with E-state index in [1.807, 2.05) is 20.8 Å². The lowest BCUT2D eigenvalue weighted by Gasteiger charge is -2.20. The lowest BCUT2D eigenvalue weighted by molar-refractivity contribution is 0.155. The van der Waals surface area contributed by atoms with Gasteiger partial charge in [-0.15, -0.1) is 0 Å². The largest absolute Gasteiger partial charge is 0.390 e. The third-order valence-electron chi connectivity index (χ3n) is 2.72. The third kappa shape index (κ3) is 8.57. The maximum Gasteiger partial charge on any atom is 0.152 e. The summed E-state index contributed by atoms with van der Waals surface area (Å²) < 4.78 is 23.4. The van der Waals surface area contributed by atoms with Gasteiger partial charge in [0.25, 0.3) is 0 Å². The lowest BCUT2D eigenvalue weighted by Crippen LogP contribution is -2.40. The summed E-state index contributed by atoms with van der Waals surface area (Å²) >= 11 is 0. The van der Waals surface area contributed by atoms with Crippen molar-refractivity contribution in [3.05, 3.63) is 0 Å². The van der Waals surface area contributed by atoms with Crippen molar-refractivity contribution in [3.8, 4) is 0 Å². The van der Waals surface area contributed by atoms with Crippen LogP contribution < -0.4 is 5.73 Å². The van der Waals surface area contributed by atoms with Crippen molar-refractivity contribution in [1.82, 2.24) is 0 Å². The zero-order valence-corrected chi connectivity index (χ0v) is 12.0. The molecule has 0 aromatic carbocycles. The van der Waals surface area contributed by atoms with Crippen LogP contribution in [0.1, 0.15) is 46.5 Å².